The summed E-state index contributed by atoms with van der Waals surface area (Å²) in [7, 11) is 3.11. The SMILES string of the molecule is COc1ccc(C(C)(C)C(=O)NC2CC(C(=O)O)C2)cc1OC. The molecule has 1 aliphatic carbocycles. The maximum Gasteiger partial charge on any atom is 0.306 e. The molecule has 0 atom stereocenters. The van der Waals surface area contributed by atoms with E-state index in [1.54, 1.807) is 26.4 Å². The number of hydrogen-bond donors (Lipinski definition) is 2. The predicted molar refractivity (Wildman–Crippen MR) is 84.9 cm³/mol. The monoisotopic (exact) mass is 321 g/mol. The smallest absolute Gasteiger partial charge is 0.306 e. The minimum atomic E-state index is -0.797. The molecule has 1 aromatic carbocycles. The van der Waals surface area contributed by atoms with E-state index in [-0.39, 0.29) is 17.9 Å². The van der Waals surface area contributed by atoms with Gasteiger partial charge in [-0.2, -0.15) is 0 Å². The van der Waals surface area contributed by atoms with Crippen LogP contribution in [0.5, 0.6) is 11.5 Å². The molecule has 1 amide bonds. The Balaban J connectivity index is 2.08. The van der Waals surface area contributed by atoms with Crippen LogP contribution in [0.4, 0.5) is 0 Å². The van der Waals surface area contributed by atoms with Crippen molar-refractivity contribution in [1.29, 1.82) is 0 Å². The fraction of sp³-hybridized carbons (Fsp3) is 0.529. The molecule has 126 valence electrons. The Hall–Kier alpha value is -2.24. The number of rotatable bonds is 6. The summed E-state index contributed by atoms with van der Waals surface area (Å²) in [4.78, 5) is 23.4. The highest BCUT2D eigenvalue weighted by Crippen LogP contribution is 2.34. The van der Waals surface area contributed by atoms with Crippen LogP contribution < -0.4 is 14.8 Å². The van der Waals surface area contributed by atoms with E-state index in [2.05, 4.69) is 5.32 Å². The molecular formula is C17H23NO5. The van der Waals surface area contributed by atoms with Gasteiger partial charge in [-0.05, 0) is 44.4 Å². The summed E-state index contributed by atoms with van der Waals surface area (Å²) in [6, 6.07) is 5.33. The summed E-state index contributed by atoms with van der Waals surface area (Å²) < 4.78 is 10.5. The van der Waals surface area contributed by atoms with Crippen molar-refractivity contribution in [2.75, 3.05) is 14.2 Å². The van der Waals surface area contributed by atoms with E-state index in [4.69, 9.17) is 14.6 Å². The van der Waals surface area contributed by atoms with Gasteiger partial charge in [0.25, 0.3) is 0 Å². The summed E-state index contributed by atoms with van der Waals surface area (Å²) in [5, 5.41) is 11.8. The number of carbonyl (C=O) groups is 2. The van der Waals surface area contributed by atoms with Crippen molar-refractivity contribution < 1.29 is 24.2 Å². The van der Waals surface area contributed by atoms with Gasteiger partial charge in [-0.25, -0.2) is 0 Å². The summed E-state index contributed by atoms with van der Waals surface area (Å²) in [5.74, 6) is -0.0890. The number of amides is 1. The van der Waals surface area contributed by atoms with Crippen molar-refractivity contribution in [2.45, 2.75) is 38.1 Å². The van der Waals surface area contributed by atoms with Crippen LogP contribution in [0, 0.1) is 5.92 Å². The van der Waals surface area contributed by atoms with Crippen LogP contribution in [0.25, 0.3) is 0 Å². The van der Waals surface area contributed by atoms with Gasteiger partial charge >= 0.3 is 5.97 Å². The molecule has 0 saturated heterocycles. The van der Waals surface area contributed by atoms with E-state index in [0.717, 1.165) is 5.56 Å². The second-order valence-corrected chi connectivity index (χ2v) is 6.37. The summed E-state index contributed by atoms with van der Waals surface area (Å²) >= 11 is 0. The van der Waals surface area contributed by atoms with Gasteiger partial charge in [-0.1, -0.05) is 6.07 Å². The van der Waals surface area contributed by atoms with Gasteiger partial charge in [-0.3, -0.25) is 9.59 Å². The molecule has 6 nitrogen and oxygen atoms in total. The first kappa shape index (κ1) is 17.1. The summed E-state index contributed by atoms with van der Waals surface area (Å²) in [5.41, 5.74) is 0.0511. The molecule has 0 heterocycles. The topological polar surface area (TPSA) is 84.9 Å². The zero-order valence-corrected chi connectivity index (χ0v) is 13.9. The Morgan fingerprint density at radius 3 is 2.30 bits per heavy atom. The number of ether oxygens (including phenoxy) is 2. The Morgan fingerprint density at radius 1 is 1.17 bits per heavy atom. The van der Waals surface area contributed by atoms with Crippen LogP contribution in [0.1, 0.15) is 32.3 Å². The molecule has 1 fully saturated rings. The molecule has 6 heteroatoms. The number of carboxylic acids is 1. The zero-order valence-electron chi connectivity index (χ0n) is 13.9. The minimum absolute atomic E-state index is 0.0666. The lowest BCUT2D eigenvalue weighted by atomic mass is 9.78. The van der Waals surface area contributed by atoms with Gasteiger partial charge in [0, 0.05) is 6.04 Å². The quantitative estimate of drug-likeness (QED) is 0.836. The largest absolute Gasteiger partial charge is 0.493 e. The Labute approximate surface area is 135 Å². The number of methoxy groups -OCH3 is 2. The van der Waals surface area contributed by atoms with Crippen molar-refractivity contribution in [3.8, 4) is 11.5 Å². The van der Waals surface area contributed by atoms with Gasteiger partial charge < -0.3 is 19.9 Å². The minimum Gasteiger partial charge on any atom is -0.493 e. The number of nitrogens with one attached hydrogen (secondary N) is 1. The van der Waals surface area contributed by atoms with Crippen LogP contribution in [0.3, 0.4) is 0 Å². The van der Waals surface area contributed by atoms with Crippen molar-refractivity contribution in [2.24, 2.45) is 5.92 Å². The van der Waals surface area contributed by atoms with E-state index >= 15 is 0 Å². The Morgan fingerprint density at radius 2 is 1.78 bits per heavy atom. The summed E-state index contributed by atoms with van der Waals surface area (Å²) in [6.07, 6.45) is 0.978. The fourth-order valence-electron chi connectivity index (χ4n) is 2.66. The normalized spacial score (nSPS) is 20.3. The number of aliphatic carboxylic acids is 1. The molecule has 23 heavy (non-hydrogen) atoms. The summed E-state index contributed by atoms with van der Waals surface area (Å²) in [6.45, 7) is 3.66. The molecule has 1 saturated carbocycles. The van der Waals surface area contributed by atoms with Gasteiger partial charge in [0.2, 0.25) is 5.91 Å². The van der Waals surface area contributed by atoms with Crippen molar-refractivity contribution >= 4 is 11.9 Å². The van der Waals surface area contributed by atoms with Gasteiger partial charge in [0.05, 0.1) is 25.6 Å². The van der Waals surface area contributed by atoms with E-state index in [9.17, 15) is 9.59 Å². The third-order valence-electron chi connectivity index (χ3n) is 4.50. The molecule has 0 aliphatic heterocycles. The van der Waals surface area contributed by atoms with Crippen LogP contribution in [0.2, 0.25) is 0 Å². The van der Waals surface area contributed by atoms with Crippen LogP contribution in [-0.4, -0.2) is 37.2 Å². The molecular weight excluding hydrogens is 298 g/mol. The third-order valence-corrected chi connectivity index (χ3v) is 4.50. The number of carboxylic acid groups (broad SMARTS) is 1. The van der Waals surface area contributed by atoms with Crippen molar-refractivity contribution in [3.63, 3.8) is 0 Å². The lowest BCUT2D eigenvalue weighted by Crippen LogP contribution is -2.51. The molecule has 2 rings (SSSR count). The van der Waals surface area contributed by atoms with E-state index < -0.39 is 11.4 Å². The Kier molecular flexibility index (Phi) is 4.82. The molecule has 1 aromatic rings. The molecule has 0 unspecified atom stereocenters. The lowest BCUT2D eigenvalue weighted by molar-refractivity contribution is -0.146. The maximum absolute atomic E-state index is 12.6. The van der Waals surface area contributed by atoms with Gasteiger partial charge in [-0.15, -0.1) is 0 Å². The van der Waals surface area contributed by atoms with Crippen LogP contribution >= 0.6 is 0 Å². The first-order chi connectivity index (χ1) is 10.8. The second kappa shape index (κ2) is 6.48. The molecule has 0 spiro atoms. The molecule has 2 N–H and O–H groups in total. The molecule has 0 radical (unpaired) electrons. The van der Waals surface area contributed by atoms with Crippen LogP contribution in [0.15, 0.2) is 18.2 Å². The first-order valence-electron chi connectivity index (χ1n) is 7.55. The molecule has 0 aromatic heterocycles. The second-order valence-electron chi connectivity index (χ2n) is 6.37. The zero-order chi connectivity index (χ0) is 17.2. The van der Waals surface area contributed by atoms with Crippen molar-refractivity contribution in [3.05, 3.63) is 23.8 Å². The molecule has 0 bridgehead atoms. The standard InChI is InChI=1S/C17H23NO5/c1-17(2,11-5-6-13(22-3)14(9-11)23-4)16(21)18-12-7-10(8-12)15(19)20/h5-6,9-10,12H,7-8H2,1-4H3,(H,18,21)(H,19,20). The highest BCUT2D eigenvalue weighted by molar-refractivity contribution is 5.88. The molecule has 1 aliphatic rings. The fourth-order valence-corrected chi connectivity index (χ4v) is 2.66. The number of carbonyl (C=O) groups excluding carboxylic acids is 1. The van der Waals surface area contributed by atoms with Gasteiger partial charge in [0.15, 0.2) is 11.5 Å². The average molecular weight is 321 g/mol. The third kappa shape index (κ3) is 3.41. The van der Waals surface area contributed by atoms with E-state index in [1.807, 2.05) is 19.9 Å². The highest BCUT2D eigenvalue weighted by atomic mass is 16.5. The number of benzene rings is 1. The number of hydrogen-bond acceptors (Lipinski definition) is 4. The van der Waals surface area contributed by atoms with Crippen LogP contribution in [-0.2, 0) is 15.0 Å². The maximum atomic E-state index is 12.6. The van der Waals surface area contributed by atoms with Gasteiger partial charge in [0.1, 0.15) is 0 Å². The highest BCUT2D eigenvalue weighted by Gasteiger charge is 2.38. The van der Waals surface area contributed by atoms with E-state index in [1.165, 1.54) is 0 Å². The first-order valence-corrected chi connectivity index (χ1v) is 7.55. The van der Waals surface area contributed by atoms with Crippen molar-refractivity contribution in [1.82, 2.24) is 5.32 Å². The Bertz CT molecular complexity index is 605. The predicted octanol–water partition coefficient (Wildman–Crippen LogP) is 1.96. The van der Waals surface area contributed by atoms with E-state index in [0.29, 0.717) is 24.3 Å². The average Bonchev–Trinajstić information content (AvgIpc) is 2.48. The lowest BCUT2D eigenvalue weighted by Gasteiger charge is -2.35.